The number of anilines is 1. The smallest absolute Gasteiger partial charge is 0.301 e. The Balaban J connectivity index is 1.74. The fourth-order valence-corrected chi connectivity index (χ4v) is 4.96. The van der Waals surface area contributed by atoms with Gasteiger partial charge in [0.05, 0.1) is 33.9 Å². The first-order valence-electron chi connectivity index (χ1n) is 10.3. The minimum absolute atomic E-state index is 0.196. The van der Waals surface area contributed by atoms with E-state index in [0.717, 1.165) is 11.3 Å². The number of hydrogen-bond donors (Lipinski definition) is 1. The molecule has 1 aliphatic heterocycles. The average Bonchev–Trinajstić information content (AvgIpc) is 3.41. The fourth-order valence-electron chi connectivity index (χ4n) is 3.94. The number of carbonyl (C=O) groups excluding carboxylic acids is 2. The molecule has 5 rings (SSSR count). The maximum absolute atomic E-state index is 13.3. The van der Waals surface area contributed by atoms with Crippen molar-refractivity contribution in [2.75, 3.05) is 12.0 Å². The van der Waals surface area contributed by atoms with E-state index >= 15 is 0 Å². The molecular weight excluding hydrogens is 472 g/mol. The quantitative estimate of drug-likeness (QED) is 0.145. The number of hydrogen-bond acceptors (Lipinski definition) is 9. The van der Waals surface area contributed by atoms with Crippen LogP contribution in [0.2, 0.25) is 0 Å². The number of pyridine rings is 1. The van der Waals surface area contributed by atoms with Crippen LogP contribution in [0.3, 0.4) is 0 Å². The van der Waals surface area contributed by atoms with Crippen molar-refractivity contribution in [3.63, 3.8) is 0 Å². The van der Waals surface area contributed by atoms with E-state index in [9.17, 15) is 24.8 Å². The van der Waals surface area contributed by atoms with Crippen LogP contribution < -0.4 is 9.64 Å². The lowest BCUT2D eigenvalue weighted by Gasteiger charge is -2.22. The Kier molecular flexibility index (Phi) is 5.46. The Hall–Kier alpha value is -4.64. The summed E-state index contributed by atoms with van der Waals surface area (Å²) in [7, 11) is 1.53. The van der Waals surface area contributed by atoms with E-state index < -0.39 is 28.4 Å². The number of benzene rings is 2. The van der Waals surface area contributed by atoms with Crippen LogP contribution in [-0.2, 0) is 9.59 Å². The Labute approximate surface area is 201 Å². The molecule has 1 unspecified atom stereocenters. The molecule has 1 aliphatic rings. The van der Waals surface area contributed by atoms with Crippen molar-refractivity contribution in [2.24, 2.45) is 0 Å². The van der Waals surface area contributed by atoms with E-state index in [4.69, 9.17) is 4.74 Å². The zero-order chi connectivity index (χ0) is 24.7. The maximum atomic E-state index is 13.3. The molecule has 174 valence electrons. The van der Waals surface area contributed by atoms with Gasteiger partial charge in [-0.25, -0.2) is 4.98 Å². The van der Waals surface area contributed by atoms with Crippen molar-refractivity contribution in [1.29, 1.82) is 0 Å². The molecule has 0 saturated carbocycles. The number of ketones is 1. The third kappa shape index (κ3) is 3.77. The highest BCUT2D eigenvalue weighted by Gasteiger charge is 2.48. The number of amides is 1. The van der Waals surface area contributed by atoms with Crippen molar-refractivity contribution in [2.45, 2.75) is 6.04 Å². The molecule has 0 radical (unpaired) electrons. The minimum Gasteiger partial charge on any atom is -0.507 e. The minimum atomic E-state index is -1.13. The second-order valence-electron chi connectivity index (χ2n) is 7.59. The second-order valence-corrected chi connectivity index (χ2v) is 8.60. The molecule has 0 bridgehead atoms. The highest BCUT2D eigenvalue weighted by atomic mass is 32.1. The number of carbonyl (C=O) groups is 2. The van der Waals surface area contributed by atoms with Crippen molar-refractivity contribution in [3.05, 3.63) is 93.8 Å². The lowest BCUT2D eigenvalue weighted by Crippen LogP contribution is -2.29. The first kappa shape index (κ1) is 22.2. The maximum Gasteiger partial charge on any atom is 0.301 e. The molecule has 0 aliphatic carbocycles. The van der Waals surface area contributed by atoms with E-state index in [1.165, 1.54) is 54.7 Å². The van der Waals surface area contributed by atoms with E-state index in [0.29, 0.717) is 16.0 Å². The predicted octanol–water partition coefficient (Wildman–Crippen LogP) is 4.23. The lowest BCUT2D eigenvalue weighted by atomic mass is 9.95. The summed E-state index contributed by atoms with van der Waals surface area (Å²) in [6.07, 6.45) is 2.88. The number of thiazole rings is 1. The van der Waals surface area contributed by atoms with Crippen LogP contribution >= 0.6 is 11.3 Å². The van der Waals surface area contributed by atoms with Gasteiger partial charge in [-0.3, -0.25) is 29.6 Å². The number of aliphatic hydroxyl groups is 1. The van der Waals surface area contributed by atoms with Gasteiger partial charge in [0.15, 0.2) is 5.13 Å². The molecule has 1 saturated heterocycles. The summed E-state index contributed by atoms with van der Waals surface area (Å²) < 4.78 is 5.97. The van der Waals surface area contributed by atoms with Crippen molar-refractivity contribution < 1.29 is 24.4 Å². The van der Waals surface area contributed by atoms with Crippen molar-refractivity contribution >= 4 is 49.8 Å². The van der Waals surface area contributed by atoms with Crippen molar-refractivity contribution in [3.8, 4) is 5.75 Å². The molecule has 1 fully saturated rings. The van der Waals surface area contributed by atoms with Gasteiger partial charge in [0.1, 0.15) is 11.5 Å². The SMILES string of the molecule is COc1ccc2nc(N3C(=O)C(=O)C(=C(O)c4ccncc4)C3c3cccc([N+](=O)[O-])c3)sc2c1. The van der Waals surface area contributed by atoms with Crippen LogP contribution in [0.15, 0.2) is 72.6 Å². The van der Waals surface area contributed by atoms with Crippen LogP contribution in [0, 0.1) is 10.1 Å². The normalized spacial score (nSPS) is 17.2. The summed E-state index contributed by atoms with van der Waals surface area (Å²) in [6.45, 7) is 0. The second kappa shape index (κ2) is 8.61. The Morgan fingerprint density at radius 2 is 1.91 bits per heavy atom. The molecule has 0 spiro atoms. The first-order valence-corrected chi connectivity index (χ1v) is 11.1. The number of nitro benzene ring substituents is 1. The Bertz CT molecular complexity index is 1530. The number of methoxy groups -OCH3 is 1. The zero-order valence-electron chi connectivity index (χ0n) is 18.1. The van der Waals surface area contributed by atoms with Gasteiger partial charge in [-0.2, -0.15) is 0 Å². The first-order chi connectivity index (χ1) is 16.9. The fraction of sp³-hybridized carbons (Fsp3) is 0.0833. The molecule has 1 atom stereocenters. The van der Waals surface area contributed by atoms with Crippen LogP contribution in [0.4, 0.5) is 10.8 Å². The summed E-state index contributed by atoms with van der Waals surface area (Å²) in [6, 6.07) is 12.7. The summed E-state index contributed by atoms with van der Waals surface area (Å²) in [5.41, 5.74) is 0.734. The topological polar surface area (TPSA) is 136 Å². The molecule has 4 aromatic rings. The van der Waals surface area contributed by atoms with E-state index in [1.54, 1.807) is 24.3 Å². The van der Waals surface area contributed by atoms with Gasteiger partial charge >= 0.3 is 5.91 Å². The standard InChI is InChI=1S/C24H16N4O6S/c1-34-16-5-6-17-18(12-16)35-24(26-17)27-20(14-3-2-4-15(11-14)28(32)33)19(22(30)23(27)31)21(29)13-7-9-25-10-8-13/h2-12,20,29H,1H3. The summed E-state index contributed by atoms with van der Waals surface area (Å²) in [5, 5.41) is 22.7. The highest BCUT2D eigenvalue weighted by molar-refractivity contribution is 7.22. The summed E-state index contributed by atoms with van der Waals surface area (Å²) in [5.74, 6) is -1.63. The Morgan fingerprint density at radius 3 is 2.63 bits per heavy atom. The number of Topliss-reactive ketones (excluding diaryl/α,β-unsaturated/α-hetero) is 1. The largest absolute Gasteiger partial charge is 0.507 e. The van der Waals surface area contributed by atoms with Crippen LogP contribution in [-0.4, -0.2) is 38.8 Å². The van der Waals surface area contributed by atoms with Gasteiger partial charge in [0.25, 0.3) is 11.5 Å². The molecule has 10 nitrogen and oxygen atoms in total. The van der Waals surface area contributed by atoms with Gasteiger partial charge in [-0.15, -0.1) is 0 Å². The van der Waals surface area contributed by atoms with E-state index in [-0.39, 0.29) is 27.5 Å². The number of aliphatic hydroxyl groups excluding tert-OH is 1. The number of aromatic nitrogens is 2. The predicted molar refractivity (Wildman–Crippen MR) is 128 cm³/mol. The molecular formula is C24H16N4O6S. The van der Waals surface area contributed by atoms with Crippen LogP contribution in [0.5, 0.6) is 5.75 Å². The molecule has 1 amide bonds. The number of rotatable bonds is 5. The number of fused-ring (bicyclic) bond motifs is 1. The molecule has 1 N–H and O–H groups in total. The lowest BCUT2D eigenvalue weighted by molar-refractivity contribution is -0.384. The van der Waals surface area contributed by atoms with Crippen LogP contribution in [0.1, 0.15) is 17.2 Å². The van der Waals surface area contributed by atoms with Gasteiger partial charge in [0, 0.05) is 30.1 Å². The number of nitrogens with zero attached hydrogens (tertiary/aromatic N) is 4. The van der Waals surface area contributed by atoms with Crippen LogP contribution in [0.25, 0.3) is 16.0 Å². The highest BCUT2D eigenvalue weighted by Crippen LogP contribution is 2.45. The molecule has 3 heterocycles. The van der Waals surface area contributed by atoms with Crippen molar-refractivity contribution in [1.82, 2.24) is 9.97 Å². The molecule has 11 heteroatoms. The number of ether oxygens (including phenoxy) is 1. The molecule has 2 aromatic carbocycles. The van der Waals surface area contributed by atoms with Gasteiger partial charge in [-0.1, -0.05) is 23.5 Å². The number of non-ortho nitro benzene ring substituents is 1. The number of nitro groups is 1. The molecule has 35 heavy (non-hydrogen) atoms. The third-order valence-electron chi connectivity index (χ3n) is 5.59. The van der Waals surface area contributed by atoms with E-state index in [1.807, 2.05) is 0 Å². The zero-order valence-corrected chi connectivity index (χ0v) is 18.9. The van der Waals surface area contributed by atoms with E-state index in [2.05, 4.69) is 9.97 Å². The third-order valence-corrected chi connectivity index (χ3v) is 6.60. The molecule has 2 aromatic heterocycles. The summed E-state index contributed by atoms with van der Waals surface area (Å²) in [4.78, 5) is 47.0. The van der Waals surface area contributed by atoms with Gasteiger partial charge in [0.2, 0.25) is 0 Å². The average molecular weight is 488 g/mol. The Morgan fingerprint density at radius 1 is 1.14 bits per heavy atom. The summed E-state index contributed by atoms with van der Waals surface area (Å²) >= 11 is 1.16. The monoisotopic (exact) mass is 488 g/mol. The van der Waals surface area contributed by atoms with Gasteiger partial charge in [-0.05, 0) is 35.9 Å². The van der Waals surface area contributed by atoms with Gasteiger partial charge < -0.3 is 9.84 Å².